The minimum atomic E-state index is -2.67. The molecule has 0 amide bonds. The number of rotatable bonds is 0. The predicted molar refractivity (Wildman–Crippen MR) is 158 cm³/mol. The van der Waals surface area contributed by atoms with Gasteiger partial charge in [-0.25, -0.2) is 0 Å². The summed E-state index contributed by atoms with van der Waals surface area (Å²) in [7, 11) is -2.67. The van der Waals surface area contributed by atoms with E-state index < -0.39 is 8.69 Å². The van der Waals surface area contributed by atoms with Crippen LogP contribution in [-0.2, 0) is 21.7 Å². The van der Waals surface area contributed by atoms with Gasteiger partial charge in [0, 0.05) is 28.2 Å². The molecular weight excluding hydrogens is 478 g/mol. The lowest BCUT2D eigenvalue weighted by Gasteiger charge is -2.40. The Morgan fingerprint density at radius 3 is 1.11 bits per heavy atom. The highest BCUT2D eigenvalue weighted by atomic mass is 31.2. The lowest BCUT2D eigenvalue weighted by atomic mass is 9.67. The zero-order chi connectivity index (χ0) is 28.5. The van der Waals surface area contributed by atoms with Crippen LogP contribution in [0.15, 0.2) is 24.3 Å². The highest BCUT2D eigenvalue weighted by Gasteiger charge is 2.42. The van der Waals surface area contributed by atoms with E-state index in [1.807, 2.05) is 0 Å². The molecule has 0 radical (unpaired) electrons. The molecule has 0 atom stereocenters. The van der Waals surface area contributed by atoms with Crippen molar-refractivity contribution in [3.05, 3.63) is 57.6 Å². The van der Waals surface area contributed by atoms with E-state index in [2.05, 4.69) is 128 Å². The van der Waals surface area contributed by atoms with E-state index in [-0.39, 0.29) is 33.0 Å². The van der Waals surface area contributed by atoms with Crippen LogP contribution in [0.5, 0.6) is 11.5 Å². The monoisotopic (exact) mass is 528 g/mol. The van der Waals surface area contributed by atoms with Crippen molar-refractivity contribution >= 4 is 8.69 Å². The van der Waals surface area contributed by atoms with Gasteiger partial charge in [-0.1, -0.05) is 128 Å². The Balaban J connectivity index is 2.59. The van der Waals surface area contributed by atoms with Crippen molar-refractivity contribution in [1.82, 2.24) is 0 Å². The van der Waals surface area contributed by atoms with Crippen LogP contribution in [0.2, 0.25) is 0 Å². The summed E-state index contributed by atoms with van der Waals surface area (Å²) in [5.74, 6) is 1.25. The third kappa shape index (κ3) is 6.19. The first-order chi connectivity index (χ1) is 16.4. The molecule has 37 heavy (non-hydrogen) atoms. The molecule has 0 aromatic heterocycles. The van der Waals surface area contributed by atoms with Crippen LogP contribution in [0.4, 0.5) is 4.20 Å². The van der Waals surface area contributed by atoms with Gasteiger partial charge in [0.15, 0.2) is 0 Å². The second-order valence-corrected chi connectivity index (χ2v) is 16.9. The fourth-order valence-electron chi connectivity index (χ4n) is 5.18. The number of hydrogen-bond donors (Lipinski definition) is 0. The molecule has 2 aromatic carbocycles. The predicted octanol–water partition coefficient (Wildman–Crippen LogP) is 11.0. The van der Waals surface area contributed by atoms with Crippen molar-refractivity contribution < 1.29 is 13.2 Å². The van der Waals surface area contributed by atoms with Crippen molar-refractivity contribution in [2.45, 2.75) is 131 Å². The second-order valence-electron chi connectivity index (χ2n) is 16.1. The van der Waals surface area contributed by atoms with Gasteiger partial charge in [0.2, 0.25) is 0 Å². The minimum Gasteiger partial charge on any atom is -0.414 e. The molecule has 0 unspecified atom stereocenters. The van der Waals surface area contributed by atoms with Crippen LogP contribution in [0.25, 0.3) is 0 Å². The Hall–Kier alpha value is -1.60. The van der Waals surface area contributed by atoms with Crippen molar-refractivity contribution in [2.24, 2.45) is 5.41 Å². The maximum Gasteiger partial charge on any atom is 0.505 e. The van der Waals surface area contributed by atoms with E-state index in [1.165, 1.54) is 11.1 Å². The maximum absolute atomic E-state index is 15.8. The molecule has 3 rings (SSSR count). The average molecular weight is 529 g/mol. The number of benzene rings is 2. The molecule has 0 spiro atoms. The molecule has 0 saturated carbocycles. The second kappa shape index (κ2) is 9.25. The fourth-order valence-corrected chi connectivity index (χ4v) is 5.91. The Morgan fingerprint density at radius 1 is 0.541 bits per heavy atom. The van der Waals surface area contributed by atoms with Crippen molar-refractivity contribution in [1.29, 1.82) is 0 Å². The molecule has 0 fully saturated rings. The quantitative estimate of drug-likeness (QED) is 0.317. The molecule has 0 aliphatic carbocycles. The van der Waals surface area contributed by atoms with Crippen molar-refractivity contribution in [2.75, 3.05) is 0 Å². The van der Waals surface area contributed by atoms with Crippen LogP contribution < -0.4 is 9.05 Å². The third-order valence-electron chi connectivity index (χ3n) is 7.40. The van der Waals surface area contributed by atoms with Gasteiger partial charge in [-0.05, 0) is 38.2 Å². The minimum absolute atomic E-state index is 0.0481. The van der Waals surface area contributed by atoms with E-state index in [0.29, 0.717) is 11.5 Å². The third-order valence-corrected chi connectivity index (χ3v) is 8.05. The van der Waals surface area contributed by atoms with Crippen LogP contribution in [0.1, 0.15) is 143 Å². The molecule has 2 nitrogen and oxygen atoms in total. The Bertz CT molecular complexity index is 1080. The number of halogens is 1. The standard InChI is InChI=1S/C33H50FO2P/c1-29(2,3)20-16-22-26(33(13,14)15)23-17-21(30(4,5)6)19-25(32(10,11)12)28(23)36-37(34)35-27(22)24(18-20)31(7,8)9/h16-19,26H,1-15H3. The lowest BCUT2D eigenvalue weighted by Crippen LogP contribution is -2.27. The highest BCUT2D eigenvalue weighted by molar-refractivity contribution is 7.42. The number of hydrogen-bond acceptors (Lipinski definition) is 2. The van der Waals surface area contributed by atoms with Gasteiger partial charge in [-0.15, -0.1) is 4.20 Å². The normalized spacial score (nSPS) is 19.2. The van der Waals surface area contributed by atoms with Crippen molar-refractivity contribution in [3.63, 3.8) is 0 Å². The van der Waals surface area contributed by atoms with Crippen molar-refractivity contribution in [3.8, 4) is 11.5 Å². The topological polar surface area (TPSA) is 18.5 Å². The van der Waals surface area contributed by atoms with Crippen LogP contribution in [0.3, 0.4) is 0 Å². The van der Waals surface area contributed by atoms with Gasteiger partial charge in [0.05, 0.1) is 0 Å². The lowest BCUT2D eigenvalue weighted by molar-refractivity contribution is 0.329. The van der Waals surface area contributed by atoms with E-state index in [0.717, 1.165) is 22.3 Å². The molecule has 1 aliphatic rings. The van der Waals surface area contributed by atoms with E-state index in [9.17, 15) is 0 Å². The molecule has 1 heterocycles. The SMILES string of the molecule is CC(C)(C)c1cc2c(c(C(C)(C)C)c1)OP(F)Oc1c(cc(C(C)(C)C)cc1C(C)(C)C)C2C(C)(C)C. The Kier molecular flexibility index (Phi) is 7.49. The maximum atomic E-state index is 15.8. The zero-order valence-corrected chi connectivity index (χ0v) is 26.9. The molecule has 4 heteroatoms. The summed E-state index contributed by atoms with van der Waals surface area (Å²) in [6.45, 7) is 33.3. The number of fused-ring (bicyclic) bond motifs is 2. The Labute approximate surface area is 227 Å². The fraction of sp³-hybridized carbons (Fsp3) is 0.636. The summed E-state index contributed by atoms with van der Waals surface area (Å²) in [5, 5.41) is 0. The van der Waals surface area contributed by atoms with Gasteiger partial charge >= 0.3 is 8.69 Å². The van der Waals surface area contributed by atoms with Gasteiger partial charge in [0.25, 0.3) is 0 Å². The Morgan fingerprint density at radius 2 is 0.865 bits per heavy atom. The molecule has 206 valence electrons. The molecular formula is C33H50FO2P. The van der Waals surface area contributed by atoms with Gasteiger partial charge in [-0.3, -0.25) is 0 Å². The van der Waals surface area contributed by atoms with E-state index in [4.69, 9.17) is 9.05 Å². The molecule has 1 aliphatic heterocycles. The average Bonchev–Trinajstić information content (AvgIpc) is 2.64. The first-order valence-corrected chi connectivity index (χ1v) is 14.7. The van der Waals surface area contributed by atoms with Crippen LogP contribution in [-0.4, -0.2) is 0 Å². The summed E-state index contributed by atoms with van der Waals surface area (Å²) in [4.78, 5) is 0. The van der Waals surface area contributed by atoms with Gasteiger partial charge in [0.1, 0.15) is 11.5 Å². The molecule has 0 bridgehead atoms. The molecule has 0 N–H and O–H groups in total. The molecule has 2 aromatic rings. The largest absolute Gasteiger partial charge is 0.505 e. The summed E-state index contributed by atoms with van der Waals surface area (Å²) in [6.07, 6.45) is 0. The first kappa shape index (κ1) is 29.9. The van der Waals surface area contributed by atoms with E-state index in [1.54, 1.807) is 0 Å². The summed E-state index contributed by atoms with van der Waals surface area (Å²) >= 11 is 0. The first-order valence-electron chi connectivity index (χ1n) is 13.6. The highest BCUT2D eigenvalue weighted by Crippen LogP contribution is 2.59. The zero-order valence-electron chi connectivity index (χ0n) is 26.0. The smallest absolute Gasteiger partial charge is 0.414 e. The summed E-state index contributed by atoms with van der Waals surface area (Å²) in [6, 6.07) is 8.99. The molecule has 0 saturated heterocycles. The summed E-state index contributed by atoms with van der Waals surface area (Å²) < 4.78 is 28.2. The van der Waals surface area contributed by atoms with E-state index >= 15 is 4.20 Å². The van der Waals surface area contributed by atoms with Crippen LogP contribution in [0, 0.1) is 5.41 Å². The van der Waals surface area contributed by atoms with Gasteiger partial charge < -0.3 is 9.05 Å². The van der Waals surface area contributed by atoms with Gasteiger partial charge in [-0.2, -0.15) is 0 Å². The van der Waals surface area contributed by atoms with Crippen LogP contribution >= 0.6 is 8.69 Å². The summed E-state index contributed by atoms with van der Waals surface area (Å²) in [5.41, 5.74) is 5.90.